The largest absolute Gasteiger partial charge is 0.494 e. The summed E-state index contributed by atoms with van der Waals surface area (Å²) in [5, 5.41) is 0.584. The van der Waals surface area contributed by atoms with Gasteiger partial charge in [-0.05, 0) is 62.0 Å². The van der Waals surface area contributed by atoms with Gasteiger partial charge in [-0.25, -0.2) is 9.37 Å². The normalized spacial score (nSPS) is 11.3. The fourth-order valence-corrected chi connectivity index (χ4v) is 4.27. The van der Waals surface area contributed by atoms with Crippen molar-refractivity contribution >= 4 is 32.6 Å². The maximum atomic E-state index is 13.6. The SMILES string of the molecule is CCCCOc1ccc(C(=O)N(CCN(CC)CC)c2nc3ccc(F)cc3s2)cc1. The van der Waals surface area contributed by atoms with Gasteiger partial charge in [0.15, 0.2) is 5.13 Å². The van der Waals surface area contributed by atoms with E-state index in [-0.39, 0.29) is 11.7 Å². The van der Waals surface area contributed by atoms with Crippen molar-refractivity contribution in [2.24, 2.45) is 0 Å². The van der Waals surface area contributed by atoms with Gasteiger partial charge in [-0.3, -0.25) is 9.69 Å². The number of likely N-dealkylation sites (N-methyl/N-ethyl adjacent to an activating group) is 1. The van der Waals surface area contributed by atoms with E-state index < -0.39 is 0 Å². The van der Waals surface area contributed by atoms with E-state index in [1.165, 1.54) is 23.5 Å². The van der Waals surface area contributed by atoms with Crippen molar-refractivity contribution in [3.63, 3.8) is 0 Å². The van der Waals surface area contributed by atoms with E-state index in [9.17, 15) is 9.18 Å². The number of anilines is 1. The average molecular weight is 444 g/mol. The number of nitrogens with zero attached hydrogens (tertiary/aromatic N) is 3. The van der Waals surface area contributed by atoms with Gasteiger partial charge >= 0.3 is 0 Å². The summed E-state index contributed by atoms with van der Waals surface area (Å²) in [6.07, 6.45) is 2.07. The van der Waals surface area contributed by atoms with Crippen LogP contribution >= 0.6 is 11.3 Å². The summed E-state index contributed by atoms with van der Waals surface area (Å²) in [5.41, 5.74) is 1.27. The van der Waals surface area contributed by atoms with Crippen LogP contribution in [-0.4, -0.2) is 48.6 Å². The fourth-order valence-electron chi connectivity index (χ4n) is 3.25. The highest BCUT2D eigenvalue weighted by Gasteiger charge is 2.22. The Bertz CT molecular complexity index is 986. The van der Waals surface area contributed by atoms with Gasteiger partial charge in [0.05, 0.1) is 16.8 Å². The zero-order valence-electron chi connectivity index (χ0n) is 18.4. The second-order valence-corrected chi connectivity index (χ2v) is 8.33. The van der Waals surface area contributed by atoms with Crippen LogP contribution in [-0.2, 0) is 0 Å². The number of ether oxygens (including phenoxy) is 1. The number of thiazole rings is 1. The minimum atomic E-state index is -0.303. The Labute approximate surface area is 187 Å². The molecular weight excluding hydrogens is 413 g/mol. The van der Waals surface area contributed by atoms with Gasteiger partial charge in [0.1, 0.15) is 11.6 Å². The number of carbonyl (C=O) groups excluding carboxylic acids is 1. The van der Waals surface area contributed by atoms with Crippen LogP contribution in [0.1, 0.15) is 44.0 Å². The number of unbranched alkanes of at least 4 members (excludes halogenated alkanes) is 1. The van der Waals surface area contributed by atoms with E-state index in [1.807, 2.05) is 12.1 Å². The third-order valence-corrected chi connectivity index (χ3v) is 6.26. The van der Waals surface area contributed by atoms with Gasteiger partial charge < -0.3 is 9.64 Å². The van der Waals surface area contributed by atoms with Crippen LogP contribution in [0.3, 0.4) is 0 Å². The molecule has 0 atom stereocenters. The van der Waals surface area contributed by atoms with Crippen molar-refractivity contribution in [3.8, 4) is 5.75 Å². The number of carbonyl (C=O) groups is 1. The molecule has 0 fully saturated rings. The molecule has 1 amide bonds. The van der Waals surface area contributed by atoms with Crippen LogP contribution in [0, 0.1) is 5.82 Å². The quantitative estimate of drug-likeness (QED) is 0.362. The van der Waals surface area contributed by atoms with E-state index in [2.05, 4.69) is 30.7 Å². The molecule has 0 aliphatic heterocycles. The molecule has 0 aliphatic carbocycles. The van der Waals surface area contributed by atoms with Gasteiger partial charge in [0.25, 0.3) is 5.91 Å². The molecule has 0 saturated heterocycles. The highest BCUT2D eigenvalue weighted by atomic mass is 32.1. The van der Waals surface area contributed by atoms with Crippen LogP contribution < -0.4 is 9.64 Å². The molecule has 31 heavy (non-hydrogen) atoms. The van der Waals surface area contributed by atoms with Crippen LogP contribution in [0.4, 0.5) is 9.52 Å². The molecule has 0 radical (unpaired) electrons. The zero-order chi connectivity index (χ0) is 22.2. The first kappa shape index (κ1) is 23.2. The number of aromatic nitrogens is 1. The summed E-state index contributed by atoms with van der Waals surface area (Å²) < 4.78 is 20.1. The predicted octanol–water partition coefficient (Wildman–Crippen LogP) is 5.60. The van der Waals surface area contributed by atoms with Crippen molar-refractivity contribution in [1.82, 2.24) is 9.88 Å². The standard InChI is InChI=1S/C24H30FN3O2S/c1-4-7-16-30-20-11-8-18(9-12-20)23(29)28(15-14-27(5-2)6-3)24-26-21-13-10-19(25)17-22(21)31-24/h8-13,17H,4-7,14-16H2,1-3H3. The average Bonchev–Trinajstić information content (AvgIpc) is 3.20. The lowest BCUT2D eigenvalue weighted by atomic mass is 10.2. The minimum Gasteiger partial charge on any atom is -0.494 e. The molecule has 3 rings (SSSR count). The number of fused-ring (bicyclic) bond motifs is 1. The highest BCUT2D eigenvalue weighted by Crippen LogP contribution is 2.30. The van der Waals surface area contributed by atoms with Crippen LogP contribution in [0.15, 0.2) is 42.5 Å². The molecule has 2 aromatic carbocycles. The van der Waals surface area contributed by atoms with Gasteiger partial charge in [-0.2, -0.15) is 0 Å². The molecule has 1 heterocycles. The summed E-state index contributed by atoms with van der Waals surface area (Å²) in [4.78, 5) is 22.0. The Morgan fingerprint density at radius 3 is 2.48 bits per heavy atom. The van der Waals surface area contributed by atoms with Gasteiger partial charge in [0, 0.05) is 18.7 Å². The lowest BCUT2D eigenvalue weighted by Gasteiger charge is -2.24. The lowest BCUT2D eigenvalue weighted by Crippen LogP contribution is -2.38. The topological polar surface area (TPSA) is 45.7 Å². The lowest BCUT2D eigenvalue weighted by molar-refractivity contribution is 0.0983. The summed E-state index contributed by atoms with van der Waals surface area (Å²) in [6, 6.07) is 11.8. The molecule has 166 valence electrons. The summed E-state index contributed by atoms with van der Waals surface area (Å²) in [6.45, 7) is 10.1. The Balaban J connectivity index is 1.84. The van der Waals surface area contributed by atoms with E-state index >= 15 is 0 Å². The van der Waals surface area contributed by atoms with Crippen LogP contribution in [0.25, 0.3) is 10.2 Å². The first-order valence-electron chi connectivity index (χ1n) is 10.9. The summed E-state index contributed by atoms with van der Waals surface area (Å²) in [5.74, 6) is 0.337. The van der Waals surface area contributed by atoms with E-state index in [0.717, 1.165) is 42.9 Å². The Hall–Kier alpha value is -2.51. The van der Waals surface area contributed by atoms with Crippen molar-refractivity contribution in [2.45, 2.75) is 33.6 Å². The maximum absolute atomic E-state index is 13.6. The third kappa shape index (κ3) is 6.02. The Kier molecular flexibility index (Phi) is 8.37. The highest BCUT2D eigenvalue weighted by molar-refractivity contribution is 7.22. The molecule has 3 aromatic rings. The minimum absolute atomic E-state index is 0.119. The van der Waals surface area contributed by atoms with Crippen molar-refractivity contribution in [3.05, 3.63) is 53.8 Å². The van der Waals surface area contributed by atoms with Crippen molar-refractivity contribution in [2.75, 3.05) is 37.7 Å². The monoisotopic (exact) mass is 443 g/mol. The van der Waals surface area contributed by atoms with Gasteiger partial charge in [-0.1, -0.05) is 38.5 Å². The number of amides is 1. The molecule has 5 nitrogen and oxygen atoms in total. The molecule has 0 aliphatic rings. The van der Waals surface area contributed by atoms with E-state index in [0.29, 0.717) is 29.4 Å². The molecule has 1 aromatic heterocycles. The predicted molar refractivity (Wildman–Crippen MR) is 126 cm³/mol. The Morgan fingerprint density at radius 2 is 1.81 bits per heavy atom. The number of hydrogen-bond donors (Lipinski definition) is 0. The first-order chi connectivity index (χ1) is 15.0. The molecular formula is C24H30FN3O2S. The smallest absolute Gasteiger partial charge is 0.260 e. The Morgan fingerprint density at radius 1 is 1.06 bits per heavy atom. The third-order valence-electron chi connectivity index (χ3n) is 5.22. The van der Waals surface area contributed by atoms with Gasteiger partial charge in [0.2, 0.25) is 0 Å². The molecule has 0 N–H and O–H groups in total. The molecule has 7 heteroatoms. The summed E-state index contributed by atoms with van der Waals surface area (Å²) in [7, 11) is 0. The second kappa shape index (κ2) is 11.2. The molecule has 0 unspecified atom stereocenters. The van der Waals surface area contributed by atoms with Gasteiger partial charge in [-0.15, -0.1) is 0 Å². The number of benzene rings is 2. The molecule has 0 spiro atoms. The summed E-state index contributed by atoms with van der Waals surface area (Å²) >= 11 is 1.34. The first-order valence-corrected chi connectivity index (χ1v) is 11.7. The number of hydrogen-bond acceptors (Lipinski definition) is 5. The molecule has 0 bridgehead atoms. The molecule has 0 saturated carbocycles. The second-order valence-electron chi connectivity index (χ2n) is 7.32. The van der Waals surface area contributed by atoms with E-state index in [1.54, 1.807) is 23.1 Å². The van der Waals surface area contributed by atoms with Crippen LogP contribution in [0.2, 0.25) is 0 Å². The number of halogens is 1. The number of rotatable bonds is 11. The van der Waals surface area contributed by atoms with Crippen molar-refractivity contribution in [1.29, 1.82) is 0 Å². The van der Waals surface area contributed by atoms with E-state index in [4.69, 9.17) is 4.74 Å². The maximum Gasteiger partial charge on any atom is 0.260 e. The zero-order valence-corrected chi connectivity index (χ0v) is 19.3. The van der Waals surface area contributed by atoms with Crippen molar-refractivity contribution < 1.29 is 13.9 Å². The fraction of sp³-hybridized carbons (Fsp3) is 0.417. The van der Waals surface area contributed by atoms with Crippen LogP contribution in [0.5, 0.6) is 5.75 Å².